The van der Waals surface area contributed by atoms with E-state index in [0.717, 1.165) is 37.6 Å². The Hall–Kier alpha value is -1.67. The number of piperidine rings is 1. The van der Waals surface area contributed by atoms with E-state index in [9.17, 15) is 13.6 Å². The highest BCUT2D eigenvalue weighted by Crippen LogP contribution is 2.16. The Morgan fingerprint density at radius 1 is 1.19 bits per heavy atom. The van der Waals surface area contributed by atoms with Gasteiger partial charge in [0.05, 0.1) is 12.1 Å². The molecule has 0 saturated carbocycles. The molecule has 27 heavy (non-hydrogen) atoms. The standard InChI is InChI=1S/C18H21F2N3O2.2ClH/c19-16-2-1-12(7-17(16)20)10-23-5-3-14(4-6-23)22-18(24)13-8-15(9-21)25-11-13;;/h1-2,7-8,11,14H,3-6,9-10,21H2,(H,22,24);2*1H. The summed E-state index contributed by atoms with van der Waals surface area (Å²) in [5.74, 6) is -1.24. The van der Waals surface area contributed by atoms with Crippen molar-refractivity contribution >= 4 is 30.7 Å². The first-order valence-electron chi connectivity index (χ1n) is 8.30. The number of hydrogen-bond donors (Lipinski definition) is 2. The fourth-order valence-electron chi connectivity index (χ4n) is 3.01. The van der Waals surface area contributed by atoms with E-state index in [1.807, 2.05) is 0 Å². The van der Waals surface area contributed by atoms with Crippen molar-refractivity contribution in [1.29, 1.82) is 0 Å². The Morgan fingerprint density at radius 2 is 1.89 bits per heavy atom. The van der Waals surface area contributed by atoms with Crippen molar-refractivity contribution in [2.24, 2.45) is 5.73 Å². The number of nitrogens with zero attached hydrogens (tertiary/aromatic N) is 1. The third kappa shape index (κ3) is 6.17. The van der Waals surface area contributed by atoms with Crippen LogP contribution in [0.15, 0.2) is 34.9 Å². The summed E-state index contributed by atoms with van der Waals surface area (Å²) in [4.78, 5) is 14.3. The van der Waals surface area contributed by atoms with Crippen molar-refractivity contribution in [3.8, 4) is 0 Å². The normalized spacial score (nSPS) is 14.9. The van der Waals surface area contributed by atoms with Crippen molar-refractivity contribution in [2.75, 3.05) is 13.1 Å². The van der Waals surface area contributed by atoms with Crippen molar-refractivity contribution in [3.63, 3.8) is 0 Å². The maximum absolute atomic E-state index is 13.3. The fourth-order valence-corrected chi connectivity index (χ4v) is 3.01. The van der Waals surface area contributed by atoms with Crippen LogP contribution in [0.5, 0.6) is 0 Å². The number of carbonyl (C=O) groups excluding carboxylic acids is 1. The van der Waals surface area contributed by atoms with Gasteiger partial charge in [-0.25, -0.2) is 8.78 Å². The first-order valence-corrected chi connectivity index (χ1v) is 8.30. The number of nitrogens with one attached hydrogen (secondary N) is 1. The lowest BCUT2D eigenvalue weighted by atomic mass is 10.0. The van der Waals surface area contributed by atoms with Gasteiger partial charge >= 0.3 is 0 Å². The third-order valence-electron chi connectivity index (χ3n) is 4.43. The second-order valence-corrected chi connectivity index (χ2v) is 6.28. The molecule has 2 aromatic rings. The molecular weight excluding hydrogens is 399 g/mol. The van der Waals surface area contributed by atoms with Crippen LogP contribution in [0.4, 0.5) is 8.78 Å². The summed E-state index contributed by atoms with van der Waals surface area (Å²) in [7, 11) is 0. The summed E-state index contributed by atoms with van der Waals surface area (Å²) in [5.41, 5.74) is 6.69. The molecule has 2 heterocycles. The lowest BCUT2D eigenvalue weighted by Crippen LogP contribution is -2.44. The minimum absolute atomic E-state index is 0. The molecule has 0 spiro atoms. The zero-order valence-electron chi connectivity index (χ0n) is 14.6. The van der Waals surface area contributed by atoms with Crippen LogP contribution in [0, 0.1) is 11.6 Å². The minimum Gasteiger partial charge on any atom is -0.467 e. The molecule has 1 amide bonds. The van der Waals surface area contributed by atoms with Gasteiger partial charge in [-0.2, -0.15) is 0 Å². The van der Waals surface area contributed by atoms with Crippen LogP contribution in [0.2, 0.25) is 0 Å². The number of benzene rings is 1. The summed E-state index contributed by atoms with van der Waals surface area (Å²) in [5, 5.41) is 3.00. The molecule has 1 saturated heterocycles. The zero-order chi connectivity index (χ0) is 17.8. The molecule has 0 unspecified atom stereocenters. The average Bonchev–Trinajstić information content (AvgIpc) is 3.09. The van der Waals surface area contributed by atoms with Crippen molar-refractivity contribution in [2.45, 2.75) is 32.0 Å². The van der Waals surface area contributed by atoms with E-state index < -0.39 is 11.6 Å². The zero-order valence-corrected chi connectivity index (χ0v) is 16.3. The Kier molecular flexibility index (Phi) is 9.18. The van der Waals surface area contributed by atoms with E-state index in [4.69, 9.17) is 10.2 Å². The van der Waals surface area contributed by atoms with Gasteiger partial charge in [0.15, 0.2) is 11.6 Å². The smallest absolute Gasteiger partial charge is 0.254 e. The SMILES string of the molecule is Cl.Cl.NCc1cc(C(=O)NC2CCN(Cc3ccc(F)c(F)c3)CC2)co1. The largest absolute Gasteiger partial charge is 0.467 e. The molecule has 0 aliphatic carbocycles. The highest BCUT2D eigenvalue weighted by molar-refractivity contribution is 5.94. The van der Waals surface area contributed by atoms with Crippen LogP contribution < -0.4 is 11.1 Å². The van der Waals surface area contributed by atoms with E-state index in [1.165, 1.54) is 12.3 Å². The van der Waals surface area contributed by atoms with Gasteiger partial charge in [-0.05, 0) is 36.6 Å². The topological polar surface area (TPSA) is 71.5 Å². The highest BCUT2D eigenvalue weighted by atomic mass is 35.5. The number of rotatable bonds is 5. The van der Waals surface area contributed by atoms with Crippen LogP contribution in [0.25, 0.3) is 0 Å². The van der Waals surface area contributed by atoms with Crippen LogP contribution >= 0.6 is 24.8 Å². The van der Waals surface area contributed by atoms with Gasteiger partial charge in [0.25, 0.3) is 5.91 Å². The Morgan fingerprint density at radius 3 is 2.48 bits per heavy atom. The van der Waals surface area contributed by atoms with E-state index in [2.05, 4.69) is 10.2 Å². The summed E-state index contributed by atoms with van der Waals surface area (Å²) >= 11 is 0. The predicted molar refractivity (Wildman–Crippen MR) is 103 cm³/mol. The molecular formula is C18H23Cl2F2N3O2. The number of amides is 1. The molecule has 0 atom stereocenters. The second-order valence-electron chi connectivity index (χ2n) is 6.28. The van der Waals surface area contributed by atoms with E-state index in [1.54, 1.807) is 12.1 Å². The highest BCUT2D eigenvalue weighted by Gasteiger charge is 2.22. The quantitative estimate of drug-likeness (QED) is 0.776. The lowest BCUT2D eigenvalue weighted by molar-refractivity contribution is 0.0908. The summed E-state index contributed by atoms with van der Waals surface area (Å²) < 4.78 is 31.4. The number of furan rings is 1. The van der Waals surface area contributed by atoms with Gasteiger partial charge in [-0.15, -0.1) is 24.8 Å². The fraction of sp³-hybridized carbons (Fsp3) is 0.389. The van der Waals surface area contributed by atoms with Gasteiger partial charge in [-0.1, -0.05) is 6.07 Å². The number of nitrogens with two attached hydrogens (primary N) is 1. The monoisotopic (exact) mass is 421 g/mol. The molecule has 0 radical (unpaired) electrons. The summed E-state index contributed by atoms with van der Waals surface area (Å²) in [6.45, 7) is 2.39. The number of carbonyl (C=O) groups is 1. The molecule has 3 rings (SSSR count). The molecule has 150 valence electrons. The van der Waals surface area contributed by atoms with Crippen LogP contribution in [-0.2, 0) is 13.1 Å². The minimum atomic E-state index is -0.831. The second kappa shape index (κ2) is 10.6. The molecule has 1 aliphatic rings. The van der Waals surface area contributed by atoms with Crippen molar-refractivity contribution in [3.05, 3.63) is 59.1 Å². The van der Waals surface area contributed by atoms with Gasteiger partial charge in [0.1, 0.15) is 12.0 Å². The molecule has 9 heteroatoms. The lowest BCUT2D eigenvalue weighted by Gasteiger charge is -2.32. The Bertz CT molecular complexity index is 750. The molecule has 5 nitrogen and oxygen atoms in total. The number of hydrogen-bond acceptors (Lipinski definition) is 4. The Balaban J connectivity index is 0.00000182. The van der Waals surface area contributed by atoms with Gasteiger partial charge < -0.3 is 15.5 Å². The maximum Gasteiger partial charge on any atom is 0.254 e. The van der Waals surface area contributed by atoms with E-state index in [0.29, 0.717) is 17.9 Å². The molecule has 1 fully saturated rings. The van der Waals surface area contributed by atoms with Gasteiger partial charge in [0.2, 0.25) is 0 Å². The number of halogens is 4. The van der Waals surface area contributed by atoms with Crippen LogP contribution in [0.3, 0.4) is 0 Å². The van der Waals surface area contributed by atoms with Gasteiger partial charge in [0, 0.05) is 25.7 Å². The van der Waals surface area contributed by atoms with E-state index >= 15 is 0 Å². The maximum atomic E-state index is 13.3. The van der Waals surface area contributed by atoms with Crippen molar-refractivity contribution in [1.82, 2.24) is 10.2 Å². The van der Waals surface area contributed by atoms with Crippen molar-refractivity contribution < 1.29 is 18.0 Å². The third-order valence-corrected chi connectivity index (χ3v) is 4.43. The van der Waals surface area contributed by atoms with Crippen LogP contribution in [-0.4, -0.2) is 29.9 Å². The summed E-state index contributed by atoms with van der Waals surface area (Å²) in [6.07, 6.45) is 3.02. The molecule has 1 aliphatic heterocycles. The first-order chi connectivity index (χ1) is 12.0. The first kappa shape index (κ1) is 23.4. The molecule has 0 bridgehead atoms. The summed E-state index contributed by atoms with van der Waals surface area (Å²) in [6, 6.07) is 5.72. The average molecular weight is 422 g/mol. The molecule has 1 aromatic carbocycles. The Labute approximate surface area is 169 Å². The van der Waals surface area contributed by atoms with Crippen LogP contribution in [0.1, 0.15) is 34.5 Å². The molecule has 1 aromatic heterocycles. The van der Waals surface area contributed by atoms with E-state index in [-0.39, 0.29) is 43.3 Å². The molecule has 3 N–H and O–H groups in total. The van der Waals surface area contributed by atoms with Gasteiger partial charge in [-0.3, -0.25) is 9.69 Å². The predicted octanol–water partition coefficient (Wildman–Crippen LogP) is 3.25. The number of likely N-dealkylation sites (tertiary alicyclic amines) is 1.